The zero-order valence-electron chi connectivity index (χ0n) is 6.80. The lowest BCUT2D eigenvalue weighted by molar-refractivity contribution is 0.343. The van der Waals surface area contributed by atoms with Gasteiger partial charge in [-0.2, -0.15) is 0 Å². The van der Waals surface area contributed by atoms with Crippen LogP contribution < -0.4 is 0 Å². The van der Waals surface area contributed by atoms with E-state index in [9.17, 15) is 8.78 Å². The van der Waals surface area contributed by atoms with Crippen molar-refractivity contribution >= 4 is 7.12 Å². The molecular formula is C7H11BF2O2. The van der Waals surface area contributed by atoms with Gasteiger partial charge in [-0.25, -0.2) is 8.78 Å². The van der Waals surface area contributed by atoms with Crippen LogP contribution in [0.25, 0.3) is 0 Å². The molecule has 0 bridgehead atoms. The van der Waals surface area contributed by atoms with Crippen molar-refractivity contribution in [2.45, 2.75) is 19.5 Å². The largest absolute Gasteiger partial charge is 0.486 e. The lowest BCUT2D eigenvalue weighted by Gasteiger charge is -2.08. The molecule has 0 aromatic rings. The van der Waals surface area contributed by atoms with Crippen molar-refractivity contribution in [1.82, 2.24) is 0 Å². The molecule has 0 rings (SSSR count). The Labute approximate surface area is 70.4 Å². The molecule has 0 aliphatic heterocycles. The molecule has 0 spiro atoms. The molecule has 0 heterocycles. The van der Waals surface area contributed by atoms with Gasteiger partial charge >= 0.3 is 7.12 Å². The maximum atomic E-state index is 12.8. The van der Waals surface area contributed by atoms with E-state index in [1.165, 1.54) is 6.92 Å². The highest BCUT2D eigenvalue weighted by atomic mass is 19.1. The third kappa shape index (κ3) is 3.64. The van der Waals surface area contributed by atoms with E-state index in [4.69, 9.17) is 10.0 Å². The van der Waals surface area contributed by atoms with Crippen LogP contribution in [-0.2, 0) is 0 Å². The molecular weight excluding hydrogens is 165 g/mol. The van der Waals surface area contributed by atoms with Gasteiger partial charge in [0.2, 0.25) is 0 Å². The average Bonchev–Trinajstić information content (AvgIpc) is 2.02. The smallest absolute Gasteiger partial charge is 0.423 e. The Hall–Kier alpha value is -0.675. The number of halogens is 2. The Morgan fingerprint density at radius 1 is 1.67 bits per heavy atom. The van der Waals surface area contributed by atoms with Crippen molar-refractivity contribution in [2.75, 3.05) is 0 Å². The minimum atomic E-state index is -1.93. The Bertz CT molecular complexity index is 192. The number of allylic oxidation sites excluding steroid dienone is 3. The van der Waals surface area contributed by atoms with E-state index in [1.54, 1.807) is 0 Å². The molecule has 0 aliphatic carbocycles. The molecule has 0 radical (unpaired) electrons. The predicted octanol–water partition coefficient (Wildman–Crippen LogP) is 1.16. The van der Waals surface area contributed by atoms with Crippen LogP contribution in [0.5, 0.6) is 0 Å². The molecule has 0 aromatic carbocycles. The molecule has 12 heavy (non-hydrogen) atoms. The van der Waals surface area contributed by atoms with Crippen LogP contribution in [0.1, 0.15) is 13.3 Å². The molecule has 0 saturated heterocycles. The van der Waals surface area contributed by atoms with Gasteiger partial charge in [0, 0.05) is 6.42 Å². The maximum absolute atomic E-state index is 12.8. The first-order chi connectivity index (χ1) is 5.49. The SMILES string of the molecule is C=C(B(O)O)C(F)C/C(F)=C\C. The average molecular weight is 176 g/mol. The highest BCUT2D eigenvalue weighted by molar-refractivity contribution is 6.50. The van der Waals surface area contributed by atoms with Crippen LogP contribution >= 0.6 is 0 Å². The summed E-state index contributed by atoms with van der Waals surface area (Å²) in [6.07, 6.45) is -1.13. The quantitative estimate of drug-likeness (QED) is 0.630. The molecule has 5 heteroatoms. The second-order valence-electron chi connectivity index (χ2n) is 2.36. The summed E-state index contributed by atoms with van der Waals surface area (Å²) in [6.45, 7) is 4.50. The minimum absolute atomic E-state index is 0.424. The number of hydrogen-bond donors (Lipinski definition) is 2. The zero-order chi connectivity index (χ0) is 9.72. The fourth-order valence-electron chi connectivity index (χ4n) is 0.582. The Kier molecular flexibility index (Phi) is 4.77. The summed E-state index contributed by atoms with van der Waals surface area (Å²) >= 11 is 0. The molecule has 2 nitrogen and oxygen atoms in total. The minimum Gasteiger partial charge on any atom is -0.423 e. The Morgan fingerprint density at radius 2 is 2.17 bits per heavy atom. The molecule has 0 amide bonds. The van der Waals surface area contributed by atoms with Crippen LogP contribution in [-0.4, -0.2) is 23.3 Å². The summed E-state index contributed by atoms with van der Waals surface area (Å²) in [6, 6.07) is 0. The third-order valence-electron chi connectivity index (χ3n) is 1.42. The van der Waals surface area contributed by atoms with Crippen LogP contribution in [0.2, 0.25) is 0 Å². The summed E-state index contributed by atoms with van der Waals surface area (Å²) in [4.78, 5) is 0. The van der Waals surface area contributed by atoms with Gasteiger partial charge < -0.3 is 10.0 Å². The molecule has 0 saturated carbocycles. The van der Waals surface area contributed by atoms with E-state index in [-0.39, 0.29) is 0 Å². The fraction of sp³-hybridized carbons (Fsp3) is 0.429. The normalized spacial score (nSPS) is 14.2. The van der Waals surface area contributed by atoms with Crippen molar-refractivity contribution in [3.05, 3.63) is 24.0 Å². The Morgan fingerprint density at radius 3 is 2.50 bits per heavy atom. The first-order valence-electron chi connectivity index (χ1n) is 3.48. The van der Waals surface area contributed by atoms with Crippen molar-refractivity contribution in [2.24, 2.45) is 0 Å². The maximum Gasteiger partial charge on any atom is 0.486 e. The van der Waals surface area contributed by atoms with Crippen LogP contribution in [0.4, 0.5) is 8.78 Å². The highest BCUT2D eigenvalue weighted by Crippen LogP contribution is 2.16. The van der Waals surface area contributed by atoms with Crippen LogP contribution in [0.15, 0.2) is 24.0 Å². The summed E-state index contributed by atoms with van der Waals surface area (Å²) in [5.41, 5.74) is -0.424. The second kappa shape index (κ2) is 5.06. The van der Waals surface area contributed by atoms with Crippen molar-refractivity contribution in [3.8, 4) is 0 Å². The lowest BCUT2D eigenvalue weighted by Crippen LogP contribution is -2.22. The van der Waals surface area contributed by atoms with Gasteiger partial charge in [-0.05, 0) is 12.4 Å². The second-order valence-corrected chi connectivity index (χ2v) is 2.36. The van der Waals surface area contributed by atoms with Gasteiger partial charge in [-0.3, -0.25) is 0 Å². The van der Waals surface area contributed by atoms with Gasteiger partial charge in [0.15, 0.2) is 0 Å². The van der Waals surface area contributed by atoms with Gasteiger partial charge in [0.1, 0.15) is 6.17 Å². The monoisotopic (exact) mass is 176 g/mol. The van der Waals surface area contributed by atoms with Gasteiger partial charge in [0.25, 0.3) is 0 Å². The van der Waals surface area contributed by atoms with E-state index in [1.807, 2.05) is 0 Å². The lowest BCUT2D eigenvalue weighted by atomic mass is 9.77. The van der Waals surface area contributed by atoms with Crippen LogP contribution in [0, 0.1) is 0 Å². The number of alkyl halides is 1. The van der Waals surface area contributed by atoms with Gasteiger partial charge in [-0.15, -0.1) is 6.58 Å². The van der Waals surface area contributed by atoms with E-state index in [0.29, 0.717) is 0 Å². The number of rotatable bonds is 4. The third-order valence-corrected chi connectivity index (χ3v) is 1.42. The summed E-state index contributed by atoms with van der Waals surface area (Å²) in [5.74, 6) is -0.635. The molecule has 1 unspecified atom stereocenters. The molecule has 0 aliphatic rings. The molecule has 2 N–H and O–H groups in total. The zero-order valence-corrected chi connectivity index (χ0v) is 6.80. The fourth-order valence-corrected chi connectivity index (χ4v) is 0.582. The molecule has 68 valence electrons. The molecule has 0 aromatic heterocycles. The summed E-state index contributed by atoms with van der Waals surface area (Å²) in [5, 5.41) is 16.9. The predicted molar refractivity (Wildman–Crippen MR) is 43.7 cm³/mol. The number of hydrogen-bond acceptors (Lipinski definition) is 2. The van der Waals surface area contributed by atoms with E-state index >= 15 is 0 Å². The molecule has 1 atom stereocenters. The Balaban J connectivity index is 4.04. The standard InChI is InChI=1S/C7H11BF2O2/c1-3-6(9)4-7(10)5(2)8(11)12/h3,7,11-12H,2,4H2,1H3/b6-3+. The van der Waals surface area contributed by atoms with E-state index in [0.717, 1.165) is 6.08 Å². The van der Waals surface area contributed by atoms with Crippen LogP contribution in [0.3, 0.4) is 0 Å². The van der Waals surface area contributed by atoms with Crippen molar-refractivity contribution < 1.29 is 18.8 Å². The summed E-state index contributed by atoms with van der Waals surface area (Å²) in [7, 11) is -1.93. The van der Waals surface area contributed by atoms with Gasteiger partial charge in [-0.1, -0.05) is 6.08 Å². The van der Waals surface area contributed by atoms with E-state index < -0.39 is 31.0 Å². The summed E-state index contributed by atoms with van der Waals surface area (Å²) < 4.78 is 25.2. The van der Waals surface area contributed by atoms with Crippen molar-refractivity contribution in [1.29, 1.82) is 0 Å². The van der Waals surface area contributed by atoms with Gasteiger partial charge in [0.05, 0.1) is 5.83 Å². The molecule has 0 fully saturated rings. The highest BCUT2D eigenvalue weighted by Gasteiger charge is 2.22. The topological polar surface area (TPSA) is 40.5 Å². The van der Waals surface area contributed by atoms with Crippen molar-refractivity contribution in [3.63, 3.8) is 0 Å². The first-order valence-corrected chi connectivity index (χ1v) is 3.48. The van der Waals surface area contributed by atoms with E-state index in [2.05, 4.69) is 6.58 Å². The first kappa shape index (κ1) is 11.3.